The molecular weight excluding hydrogens is 204 g/mol. The average molecular weight is 226 g/mol. The van der Waals surface area contributed by atoms with E-state index in [1.54, 1.807) is 6.20 Å². The SMILES string of the molecule is CC(O[Si](C)(C)C(C)(C)C)c1ncc[nH]1. The Balaban J connectivity index is 2.70. The monoisotopic (exact) mass is 226 g/mol. The Kier molecular flexibility index (Phi) is 3.40. The molecule has 0 fully saturated rings. The van der Waals surface area contributed by atoms with Gasteiger partial charge in [-0.15, -0.1) is 0 Å². The van der Waals surface area contributed by atoms with Gasteiger partial charge in [-0.2, -0.15) is 0 Å². The van der Waals surface area contributed by atoms with Gasteiger partial charge in [0.05, 0.1) is 0 Å². The summed E-state index contributed by atoms with van der Waals surface area (Å²) in [4.78, 5) is 7.32. The summed E-state index contributed by atoms with van der Waals surface area (Å²) in [5.41, 5.74) is 0. The van der Waals surface area contributed by atoms with Crippen LogP contribution in [0.15, 0.2) is 12.4 Å². The number of aromatic amines is 1. The summed E-state index contributed by atoms with van der Waals surface area (Å²) in [5, 5.41) is 0.244. The van der Waals surface area contributed by atoms with Crippen molar-refractivity contribution in [2.75, 3.05) is 0 Å². The fourth-order valence-corrected chi connectivity index (χ4v) is 2.52. The third kappa shape index (κ3) is 2.92. The Morgan fingerprint density at radius 2 is 2.00 bits per heavy atom. The summed E-state index contributed by atoms with van der Waals surface area (Å²) in [5.74, 6) is 0.917. The molecule has 1 atom stereocenters. The first kappa shape index (κ1) is 12.5. The molecule has 0 spiro atoms. The smallest absolute Gasteiger partial charge is 0.193 e. The molecular formula is C11H22N2OSi. The number of aromatic nitrogens is 2. The fourth-order valence-electron chi connectivity index (χ4n) is 1.17. The van der Waals surface area contributed by atoms with Gasteiger partial charge < -0.3 is 9.41 Å². The molecule has 0 saturated carbocycles. The second kappa shape index (κ2) is 4.10. The molecule has 1 unspecified atom stereocenters. The normalized spacial score (nSPS) is 15.3. The number of nitrogens with zero attached hydrogens (tertiary/aromatic N) is 1. The van der Waals surface area contributed by atoms with Crippen LogP contribution >= 0.6 is 0 Å². The van der Waals surface area contributed by atoms with Gasteiger partial charge in [0.25, 0.3) is 0 Å². The maximum atomic E-state index is 6.19. The topological polar surface area (TPSA) is 37.9 Å². The molecule has 0 amide bonds. The van der Waals surface area contributed by atoms with Crippen molar-refractivity contribution in [2.24, 2.45) is 0 Å². The molecule has 0 saturated heterocycles. The Morgan fingerprint density at radius 3 is 2.40 bits per heavy atom. The maximum Gasteiger partial charge on any atom is 0.193 e. The second-order valence-corrected chi connectivity index (χ2v) is 10.3. The van der Waals surface area contributed by atoms with E-state index in [0.717, 1.165) is 5.82 Å². The standard InChI is InChI=1S/C11H22N2OSi/c1-9(10-12-7-8-13-10)14-15(5,6)11(2,3)4/h7-9H,1-6H3,(H,12,13). The van der Waals surface area contributed by atoms with Crippen molar-refractivity contribution in [3.63, 3.8) is 0 Å². The molecule has 1 aromatic heterocycles. The van der Waals surface area contributed by atoms with Gasteiger partial charge in [-0.05, 0) is 25.1 Å². The minimum absolute atomic E-state index is 0.0564. The Hall–Kier alpha value is -0.613. The van der Waals surface area contributed by atoms with E-state index in [-0.39, 0.29) is 11.1 Å². The predicted octanol–water partition coefficient (Wildman–Crippen LogP) is 3.49. The molecule has 1 aromatic rings. The number of H-pyrrole nitrogens is 1. The molecule has 86 valence electrons. The van der Waals surface area contributed by atoms with Crippen LogP contribution in [0, 0.1) is 0 Å². The van der Waals surface area contributed by atoms with E-state index in [1.807, 2.05) is 6.20 Å². The predicted molar refractivity (Wildman–Crippen MR) is 65.3 cm³/mol. The summed E-state index contributed by atoms with van der Waals surface area (Å²) in [6, 6.07) is 0. The average Bonchev–Trinajstić information content (AvgIpc) is 2.51. The Labute approximate surface area is 93.4 Å². The largest absolute Gasteiger partial charge is 0.407 e. The van der Waals surface area contributed by atoms with E-state index in [0.29, 0.717) is 0 Å². The number of hydrogen-bond donors (Lipinski definition) is 1. The summed E-state index contributed by atoms with van der Waals surface area (Å²) >= 11 is 0. The van der Waals surface area contributed by atoms with Gasteiger partial charge in [0.15, 0.2) is 8.32 Å². The first-order valence-electron chi connectivity index (χ1n) is 5.41. The Bertz CT molecular complexity index is 301. The molecule has 0 aromatic carbocycles. The van der Waals surface area contributed by atoms with E-state index in [1.165, 1.54) is 0 Å². The van der Waals surface area contributed by atoms with Crippen molar-refractivity contribution < 1.29 is 4.43 Å². The maximum absolute atomic E-state index is 6.19. The van der Waals surface area contributed by atoms with Crippen LogP contribution in [-0.4, -0.2) is 18.3 Å². The van der Waals surface area contributed by atoms with Crippen molar-refractivity contribution in [3.05, 3.63) is 18.2 Å². The number of nitrogens with one attached hydrogen (secondary N) is 1. The van der Waals surface area contributed by atoms with Crippen molar-refractivity contribution in [1.29, 1.82) is 0 Å². The summed E-state index contributed by atoms with van der Waals surface area (Å²) < 4.78 is 6.19. The van der Waals surface area contributed by atoms with Crippen molar-refractivity contribution >= 4 is 8.32 Å². The van der Waals surface area contributed by atoms with Crippen LogP contribution in [-0.2, 0) is 4.43 Å². The van der Waals surface area contributed by atoms with Gasteiger partial charge in [0, 0.05) is 12.4 Å². The first-order valence-corrected chi connectivity index (χ1v) is 8.32. The van der Waals surface area contributed by atoms with Crippen LogP contribution in [0.2, 0.25) is 18.1 Å². The van der Waals surface area contributed by atoms with Crippen molar-refractivity contribution in [1.82, 2.24) is 9.97 Å². The highest BCUT2D eigenvalue weighted by molar-refractivity contribution is 6.74. The number of hydrogen-bond acceptors (Lipinski definition) is 2. The number of rotatable bonds is 3. The third-order valence-corrected chi connectivity index (χ3v) is 7.74. The first-order chi connectivity index (χ1) is 6.74. The van der Waals surface area contributed by atoms with Crippen molar-refractivity contribution in [2.45, 2.75) is 51.9 Å². The van der Waals surface area contributed by atoms with E-state index in [2.05, 4.69) is 50.8 Å². The zero-order valence-electron chi connectivity index (χ0n) is 10.6. The lowest BCUT2D eigenvalue weighted by molar-refractivity contribution is 0.194. The molecule has 1 rings (SSSR count). The van der Waals surface area contributed by atoms with Crippen LogP contribution in [0.4, 0.5) is 0 Å². The van der Waals surface area contributed by atoms with Crippen LogP contribution in [0.3, 0.4) is 0 Å². The zero-order valence-corrected chi connectivity index (χ0v) is 11.6. The summed E-state index contributed by atoms with van der Waals surface area (Å²) in [6.45, 7) is 13.3. The molecule has 0 aliphatic rings. The highest BCUT2D eigenvalue weighted by Crippen LogP contribution is 2.39. The van der Waals surface area contributed by atoms with Gasteiger partial charge in [-0.3, -0.25) is 0 Å². The van der Waals surface area contributed by atoms with E-state index in [9.17, 15) is 0 Å². The van der Waals surface area contributed by atoms with E-state index in [4.69, 9.17) is 4.43 Å². The Morgan fingerprint density at radius 1 is 1.40 bits per heavy atom. The molecule has 1 heterocycles. The lowest BCUT2D eigenvalue weighted by Crippen LogP contribution is -2.41. The highest BCUT2D eigenvalue weighted by atomic mass is 28.4. The van der Waals surface area contributed by atoms with Gasteiger partial charge in [-0.1, -0.05) is 20.8 Å². The van der Waals surface area contributed by atoms with E-state index < -0.39 is 8.32 Å². The second-order valence-electron chi connectivity index (χ2n) is 5.49. The van der Waals surface area contributed by atoms with Crippen LogP contribution in [0.1, 0.15) is 39.6 Å². The molecule has 1 N–H and O–H groups in total. The van der Waals surface area contributed by atoms with Gasteiger partial charge in [-0.25, -0.2) is 4.98 Å². The molecule has 0 aliphatic heterocycles. The lowest BCUT2D eigenvalue weighted by Gasteiger charge is -2.38. The van der Waals surface area contributed by atoms with Gasteiger partial charge in [0.1, 0.15) is 11.9 Å². The number of imidazole rings is 1. The molecule has 4 heteroatoms. The zero-order chi connectivity index (χ0) is 11.7. The van der Waals surface area contributed by atoms with Gasteiger partial charge >= 0.3 is 0 Å². The van der Waals surface area contributed by atoms with E-state index >= 15 is 0 Å². The quantitative estimate of drug-likeness (QED) is 0.801. The van der Waals surface area contributed by atoms with Gasteiger partial charge in [0.2, 0.25) is 0 Å². The molecule has 3 nitrogen and oxygen atoms in total. The van der Waals surface area contributed by atoms with Crippen LogP contribution < -0.4 is 0 Å². The molecule has 15 heavy (non-hydrogen) atoms. The molecule has 0 aliphatic carbocycles. The summed E-state index contributed by atoms with van der Waals surface area (Å²) in [7, 11) is -1.68. The minimum atomic E-state index is -1.68. The minimum Gasteiger partial charge on any atom is -0.407 e. The lowest BCUT2D eigenvalue weighted by atomic mass is 10.2. The molecule has 0 radical (unpaired) electrons. The van der Waals surface area contributed by atoms with Crippen LogP contribution in [0.5, 0.6) is 0 Å². The highest BCUT2D eigenvalue weighted by Gasteiger charge is 2.38. The van der Waals surface area contributed by atoms with Crippen LogP contribution in [0.25, 0.3) is 0 Å². The third-order valence-electron chi connectivity index (χ3n) is 3.18. The summed E-state index contributed by atoms with van der Waals surface area (Å²) in [6.07, 6.45) is 3.66. The fraction of sp³-hybridized carbons (Fsp3) is 0.727. The van der Waals surface area contributed by atoms with Crippen molar-refractivity contribution in [3.8, 4) is 0 Å². The molecule has 0 bridgehead atoms.